The number of methoxy groups -OCH3 is 1. The van der Waals surface area contributed by atoms with Crippen LogP contribution in [-0.4, -0.2) is 18.0 Å². The molecule has 0 saturated carbocycles. The lowest BCUT2D eigenvalue weighted by molar-refractivity contribution is 0.102. The smallest absolute Gasteiger partial charge is 0.257 e. The van der Waals surface area contributed by atoms with Gasteiger partial charge in [0, 0.05) is 17.1 Å². The summed E-state index contributed by atoms with van der Waals surface area (Å²) in [6, 6.07) is 11.2. The first kappa shape index (κ1) is 16.2. The van der Waals surface area contributed by atoms with Gasteiger partial charge in [0.1, 0.15) is 11.6 Å². The normalized spacial score (nSPS) is 10.7. The van der Waals surface area contributed by atoms with Crippen molar-refractivity contribution in [3.8, 4) is 5.75 Å². The third-order valence-corrected chi connectivity index (χ3v) is 3.93. The van der Waals surface area contributed by atoms with Crippen LogP contribution >= 0.6 is 11.6 Å². The number of pyridine rings is 1. The molecule has 0 bridgehead atoms. The molecule has 2 aromatic carbocycles. The predicted molar refractivity (Wildman–Crippen MR) is 92.4 cm³/mol. The number of hydrogen-bond donors (Lipinski definition) is 1. The quantitative estimate of drug-likeness (QED) is 0.755. The van der Waals surface area contributed by atoms with E-state index in [1.54, 1.807) is 26.2 Å². The Bertz CT molecular complexity index is 944. The van der Waals surface area contributed by atoms with Gasteiger partial charge in [-0.1, -0.05) is 11.6 Å². The summed E-state index contributed by atoms with van der Waals surface area (Å²) in [5.41, 5.74) is 2.18. The van der Waals surface area contributed by atoms with Gasteiger partial charge in [-0.25, -0.2) is 4.39 Å². The van der Waals surface area contributed by atoms with Crippen LogP contribution in [0.3, 0.4) is 0 Å². The molecule has 4 nitrogen and oxygen atoms in total. The summed E-state index contributed by atoms with van der Waals surface area (Å²) in [5.74, 6) is -0.167. The second-order valence-corrected chi connectivity index (χ2v) is 5.67. The third-order valence-electron chi connectivity index (χ3n) is 3.64. The Morgan fingerprint density at radius 2 is 2.00 bits per heavy atom. The van der Waals surface area contributed by atoms with Gasteiger partial charge in [-0.3, -0.25) is 9.78 Å². The van der Waals surface area contributed by atoms with Crippen LogP contribution in [0.4, 0.5) is 10.1 Å². The van der Waals surface area contributed by atoms with Crippen molar-refractivity contribution >= 4 is 34.1 Å². The van der Waals surface area contributed by atoms with Gasteiger partial charge < -0.3 is 10.1 Å². The number of nitrogens with zero attached hydrogens (tertiary/aromatic N) is 1. The number of carbonyl (C=O) groups is 1. The Balaban J connectivity index is 1.94. The Morgan fingerprint density at radius 1 is 1.21 bits per heavy atom. The number of rotatable bonds is 3. The highest BCUT2D eigenvalue weighted by atomic mass is 35.5. The van der Waals surface area contributed by atoms with Gasteiger partial charge >= 0.3 is 0 Å². The zero-order chi connectivity index (χ0) is 17.3. The number of aryl methyl sites for hydroxylation is 1. The van der Waals surface area contributed by atoms with Crippen LogP contribution in [0.1, 0.15) is 16.1 Å². The van der Waals surface area contributed by atoms with Crippen molar-refractivity contribution < 1.29 is 13.9 Å². The van der Waals surface area contributed by atoms with Crippen molar-refractivity contribution in [3.63, 3.8) is 0 Å². The second-order valence-electron chi connectivity index (χ2n) is 5.26. The summed E-state index contributed by atoms with van der Waals surface area (Å²) in [6.07, 6.45) is 0. The van der Waals surface area contributed by atoms with Gasteiger partial charge in [-0.05, 0) is 43.3 Å². The van der Waals surface area contributed by atoms with E-state index in [9.17, 15) is 9.18 Å². The number of anilines is 1. The summed E-state index contributed by atoms with van der Waals surface area (Å²) in [6.45, 7) is 1.76. The van der Waals surface area contributed by atoms with E-state index in [-0.39, 0.29) is 10.9 Å². The molecular weight excluding hydrogens is 331 g/mol. The first-order valence-corrected chi connectivity index (χ1v) is 7.57. The molecule has 1 N–H and O–H groups in total. The molecule has 0 atom stereocenters. The molecule has 0 radical (unpaired) electrons. The fourth-order valence-electron chi connectivity index (χ4n) is 2.37. The molecule has 1 aromatic heterocycles. The largest absolute Gasteiger partial charge is 0.497 e. The number of carbonyl (C=O) groups excluding carboxylic acids is 1. The van der Waals surface area contributed by atoms with Gasteiger partial charge in [0.05, 0.1) is 28.9 Å². The number of ether oxygens (including phenoxy) is 1. The molecule has 0 aliphatic carbocycles. The van der Waals surface area contributed by atoms with Gasteiger partial charge in [0.2, 0.25) is 0 Å². The highest BCUT2D eigenvalue weighted by molar-refractivity contribution is 6.31. The first-order valence-electron chi connectivity index (χ1n) is 7.20. The predicted octanol–water partition coefficient (Wildman–Crippen LogP) is 4.60. The summed E-state index contributed by atoms with van der Waals surface area (Å²) >= 11 is 5.73. The lowest BCUT2D eigenvalue weighted by Gasteiger charge is -2.10. The fourth-order valence-corrected chi connectivity index (χ4v) is 2.55. The van der Waals surface area contributed by atoms with Gasteiger partial charge in [-0.15, -0.1) is 0 Å². The highest BCUT2D eigenvalue weighted by Gasteiger charge is 2.13. The summed E-state index contributed by atoms with van der Waals surface area (Å²) in [5, 5.41) is 3.47. The number of halogens is 2. The van der Waals surface area contributed by atoms with Crippen LogP contribution < -0.4 is 10.1 Å². The number of nitrogens with one attached hydrogen (secondary N) is 1. The first-order chi connectivity index (χ1) is 11.5. The number of fused-ring (bicyclic) bond motifs is 1. The zero-order valence-corrected chi connectivity index (χ0v) is 13.8. The molecule has 3 aromatic rings. The van der Waals surface area contributed by atoms with E-state index >= 15 is 0 Å². The minimum absolute atomic E-state index is 0.0479. The zero-order valence-electron chi connectivity index (χ0n) is 13.1. The van der Waals surface area contributed by atoms with E-state index in [0.29, 0.717) is 22.7 Å². The monoisotopic (exact) mass is 344 g/mol. The lowest BCUT2D eigenvalue weighted by atomic mass is 10.1. The Kier molecular flexibility index (Phi) is 4.36. The average molecular weight is 345 g/mol. The maximum absolute atomic E-state index is 13.2. The third kappa shape index (κ3) is 3.16. The van der Waals surface area contributed by atoms with Crippen molar-refractivity contribution in [2.75, 3.05) is 12.4 Å². The Morgan fingerprint density at radius 3 is 2.71 bits per heavy atom. The molecule has 0 spiro atoms. The lowest BCUT2D eigenvalue weighted by Crippen LogP contribution is -2.14. The van der Waals surface area contributed by atoms with Crippen LogP contribution in [0.25, 0.3) is 10.9 Å². The molecule has 0 fully saturated rings. The van der Waals surface area contributed by atoms with Crippen LogP contribution in [0.2, 0.25) is 5.02 Å². The molecule has 0 aliphatic heterocycles. The number of amides is 1. The van der Waals surface area contributed by atoms with E-state index in [2.05, 4.69) is 10.3 Å². The van der Waals surface area contributed by atoms with E-state index in [1.165, 1.54) is 18.2 Å². The number of hydrogen-bond acceptors (Lipinski definition) is 3. The molecule has 0 saturated heterocycles. The maximum Gasteiger partial charge on any atom is 0.257 e. The van der Waals surface area contributed by atoms with Gasteiger partial charge in [0.25, 0.3) is 5.91 Å². The van der Waals surface area contributed by atoms with Crippen molar-refractivity contribution in [1.29, 1.82) is 0 Å². The van der Waals surface area contributed by atoms with E-state index in [1.807, 2.05) is 12.1 Å². The molecule has 1 heterocycles. The van der Waals surface area contributed by atoms with E-state index in [4.69, 9.17) is 16.3 Å². The maximum atomic E-state index is 13.2. The highest BCUT2D eigenvalue weighted by Crippen LogP contribution is 2.23. The van der Waals surface area contributed by atoms with Crippen LogP contribution in [0.5, 0.6) is 5.75 Å². The molecule has 24 heavy (non-hydrogen) atoms. The topological polar surface area (TPSA) is 51.2 Å². The molecule has 6 heteroatoms. The fraction of sp³-hybridized carbons (Fsp3) is 0.111. The van der Waals surface area contributed by atoms with Crippen LogP contribution in [0.15, 0.2) is 42.5 Å². The van der Waals surface area contributed by atoms with Gasteiger partial charge in [0.15, 0.2) is 0 Å². The Hall–Kier alpha value is -2.66. The van der Waals surface area contributed by atoms with E-state index < -0.39 is 5.82 Å². The summed E-state index contributed by atoms with van der Waals surface area (Å²) in [4.78, 5) is 16.9. The number of aromatic nitrogens is 1. The van der Waals surface area contributed by atoms with Gasteiger partial charge in [-0.2, -0.15) is 0 Å². The second kappa shape index (κ2) is 6.45. The number of benzene rings is 2. The molecule has 1 amide bonds. The molecule has 3 rings (SSSR count). The SMILES string of the molecule is COc1ccc2cc(C(=O)Nc3ccc(F)c(Cl)c3)c(C)nc2c1. The molecule has 0 unspecified atom stereocenters. The molecular formula is C18H14ClFN2O2. The van der Waals surface area contributed by atoms with Crippen molar-refractivity contribution in [2.24, 2.45) is 0 Å². The summed E-state index contributed by atoms with van der Waals surface area (Å²) < 4.78 is 18.4. The van der Waals surface area contributed by atoms with Crippen molar-refractivity contribution in [2.45, 2.75) is 6.92 Å². The van der Waals surface area contributed by atoms with Crippen LogP contribution in [0, 0.1) is 12.7 Å². The minimum Gasteiger partial charge on any atom is -0.497 e. The average Bonchev–Trinajstić information content (AvgIpc) is 2.57. The van der Waals surface area contributed by atoms with Crippen molar-refractivity contribution in [1.82, 2.24) is 4.98 Å². The molecule has 0 aliphatic rings. The standard InChI is InChI=1S/C18H14ClFN2O2/c1-10-14(7-11-3-5-13(24-2)9-17(11)21-10)18(23)22-12-4-6-16(20)15(19)8-12/h3-9H,1-2H3,(H,22,23). The Labute approximate surface area is 143 Å². The minimum atomic E-state index is -0.535. The van der Waals surface area contributed by atoms with Crippen LogP contribution in [-0.2, 0) is 0 Å². The van der Waals surface area contributed by atoms with E-state index in [0.717, 1.165) is 10.9 Å². The molecule has 122 valence electrons. The summed E-state index contributed by atoms with van der Waals surface area (Å²) in [7, 11) is 1.59. The van der Waals surface area contributed by atoms with Crippen molar-refractivity contribution in [3.05, 3.63) is 64.6 Å².